The highest BCUT2D eigenvalue weighted by atomic mass is 32.2. The van der Waals surface area contributed by atoms with Crippen molar-refractivity contribution in [3.8, 4) is 0 Å². The number of phosphoric ester groups is 3. The van der Waals surface area contributed by atoms with Crippen molar-refractivity contribution >= 4 is 80.8 Å². The summed E-state index contributed by atoms with van der Waals surface area (Å²) in [5.74, 6) is -3.22. The van der Waals surface area contributed by atoms with Gasteiger partial charge in [0.05, 0.1) is 43.6 Å². The van der Waals surface area contributed by atoms with E-state index >= 15 is 0 Å². The van der Waals surface area contributed by atoms with Gasteiger partial charge in [0.25, 0.3) is 23.5 Å². The molecular weight excluding hydrogens is 999 g/mol. The van der Waals surface area contributed by atoms with Gasteiger partial charge in [0, 0.05) is 43.5 Å². The van der Waals surface area contributed by atoms with Crippen molar-refractivity contribution < 1.29 is 116 Å². The molecule has 2 aromatic rings. The average molecular weight is 1050 g/mol. The molecule has 68 heavy (non-hydrogen) atoms. The number of phosphoric acid groups is 3. The summed E-state index contributed by atoms with van der Waals surface area (Å²) in [5.41, 5.74) is 1.13. The Bertz CT molecular complexity index is 2210. The molecule has 1 aliphatic rings. The zero-order valence-corrected chi connectivity index (χ0v) is 40.5. The first kappa shape index (κ1) is 60.9. The Kier molecular flexibility index (Phi) is 23.1. The fourth-order valence-corrected chi connectivity index (χ4v) is 9.78. The van der Waals surface area contributed by atoms with Crippen LogP contribution in [0, 0.1) is 5.41 Å². The number of fused-ring (bicyclic) bond motifs is 1. The van der Waals surface area contributed by atoms with Crippen LogP contribution in [0.4, 0.5) is 5.82 Å². The van der Waals surface area contributed by atoms with E-state index in [1.807, 2.05) is 0 Å². The van der Waals surface area contributed by atoms with Gasteiger partial charge in [-0.05, 0) is 33.1 Å². The summed E-state index contributed by atoms with van der Waals surface area (Å²) < 4.78 is 60.8. The maximum absolute atomic E-state index is 12.6. The highest BCUT2D eigenvalue weighted by Gasteiger charge is 2.48. The lowest BCUT2D eigenvalue weighted by Gasteiger charge is -2.35. The highest BCUT2D eigenvalue weighted by molar-refractivity contribution is 8.13. The van der Waals surface area contributed by atoms with Crippen LogP contribution in [0.15, 0.2) is 12.7 Å². The van der Waals surface area contributed by atoms with Crippen molar-refractivity contribution in [3.63, 3.8) is 0 Å². The highest BCUT2D eigenvalue weighted by Crippen LogP contribution is 2.56. The van der Waals surface area contributed by atoms with Crippen molar-refractivity contribution in [2.45, 2.75) is 127 Å². The molecule has 0 aromatic carbocycles. The predicted octanol–water partition coefficient (Wildman–Crippen LogP) is -1.55. The minimum absolute atomic E-state index is 0.0105. The normalized spacial score (nSPS) is 22.3. The molecular formula is C35H55N5O24P3S-3. The number of aromatic nitrogens is 4. The van der Waals surface area contributed by atoms with E-state index < -0.39 is 113 Å². The van der Waals surface area contributed by atoms with Crippen LogP contribution in [-0.4, -0.2) is 150 Å². The van der Waals surface area contributed by atoms with E-state index in [1.54, 1.807) is 0 Å². The maximum Gasteiger partial charge on any atom is 0.306 e. The number of aliphatic carboxylic acids is 2. The second-order valence-corrected chi connectivity index (χ2v) is 21.8. The summed E-state index contributed by atoms with van der Waals surface area (Å²) in [6.07, 6.45) is -8.43. The van der Waals surface area contributed by atoms with Crippen molar-refractivity contribution in [3.05, 3.63) is 12.7 Å². The van der Waals surface area contributed by atoms with Crippen LogP contribution in [-0.2, 0) is 60.3 Å². The smallest absolute Gasteiger partial charge is 0.306 e. The monoisotopic (exact) mass is 1050 g/mol. The summed E-state index contributed by atoms with van der Waals surface area (Å²) in [7, 11) is -17.3. The molecule has 0 radical (unpaired) electrons. The first-order valence-electron chi connectivity index (χ1n) is 20.1. The number of carboxylic acid groups (broad SMARTS) is 2. The Labute approximate surface area is 391 Å². The molecule has 0 aliphatic carbocycles. The van der Waals surface area contributed by atoms with Crippen LogP contribution in [0.3, 0.4) is 0 Å². The van der Waals surface area contributed by atoms with Crippen LogP contribution in [0.1, 0.15) is 91.7 Å². The third kappa shape index (κ3) is 21.4. The number of aliphatic hydroxyl groups excluding tert-OH is 3. The summed E-state index contributed by atoms with van der Waals surface area (Å²) in [4.78, 5) is 115. The van der Waals surface area contributed by atoms with Crippen LogP contribution in [0.25, 0.3) is 11.2 Å². The van der Waals surface area contributed by atoms with Crippen LogP contribution >= 0.6 is 35.2 Å². The summed E-state index contributed by atoms with van der Waals surface area (Å²) in [6.45, 7) is 2.61. The Balaban J connectivity index is 0.00000142. The molecule has 29 nitrogen and oxygen atoms in total. The summed E-state index contributed by atoms with van der Waals surface area (Å²) in [6, 6.07) is 0. The molecule has 3 rings (SSSR count). The Hall–Kier alpha value is -3.22. The zero-order valence-electron chi connectivity index (χ0n) is 37.0. The second kappa shape index (κ2) is 25.8. The molecule has 2 aromatic heterocycles. The fourth-order valence-electron chi connectivity index (χ4n) is 6.10. The van der Waals surface area contributed by atoms with Gasteiger partial charge in [0.15, 0.2) is 28.6 Å². The number of thioether (sulfide) groups is 1. The van der Waals surface area contributed by atoms with Crippen molar-refractivity contribution in [1.82, 2.24) is 19.5 Å². The Morgan fingerprint density at radius 2 is 1.50 bits per heavy atom. The minimum atomic E-state index is -5.91. The number of ketones is 2. The standard InChI is InChI=1S/C29H46N5O20P3S.C6H12O4/c1-28(2,24(41)17(36)8-4-6-16(35)7-5-9-58-20(39)11-29(3,42)10-19(37)38)13-51-57(48,49)54-56(46,47)50-12-18-23(53-55(43,44)45)22(40)27(52-18)34-15-33-21-25(30)31-14-32-26(21)34;1-6(10,2-3-7)4-5(8)9/h14-15,18,22-24,27,40-42H,4-13H2,1-3H3,(H,37,38)(H,46,47)(H,48,49)(H2,30,31,32)(H2,43,44,45);7,10H,2-4H2,1H3,(H,8,9)/p-3/t18-,22?,23+,24?,27-,29?;6-/m11/s1. The molecule has 10 atom stereocenters. The SMILES string of the molecule is CC(O)(CC(=O)O)CC(=O)SCCCC(=O)CCCC(=O)C(O)C(C)(C)COP(=O)([O-])OP(=O)([O-])OC[C@H]1O[C@@H](n2cnc3c(N)ncnc32)C(O)[C@H]1OP(=O)([O-])O.C[C@@](O)(CCO)CC(=O)O. The third-order valence-corrected chi connectivity index (χ3v) is 13.4. The number of hydrogen-bond donors (Lipinski definition) is 9. The number of nitrogens with two attached hydrogens (primary N) is 1. The number of ether oxygens (including phenoxy) is 1. The topological polar surface area (TPSA) is 483 Å². The maximum atomic E-state index is 12.6. The van der Waals surface area contributed by atoms with Gasteiger partial charge in [-0.1, -0.05) is 25.6 Å². The minimum Gasteiger partial charge on any atom is -0.756 e. The molecule has 6 unspecified atom stereocenters. The lowest BCUT2D eigenvalue weighted by Crippen LogP contribution is -2.40. The van der Waals surface area contributed by atoms with Gasteiger partial charge in [-0.3, -0.25) is 42.2 Å². The van der Waals surface area contributed by atoms with Crippen LogP contribution in [0.5, 0.6) is 0 Å². The van der Waals surface area contributed by atoms with Crippen molar-refractivity contribution in [2.75, 3.05) is 31.3 Å². The van der Waals surface area contributed by atoms with Gasteiger partial charge >= 0.3 is 11.9 Å². The number of Topliss-reactive ketones (excluding diaryl/α,β-unsaturated/α-hetero) is 2. The van der Waals surface area contributed by atoms with Crippen molar-refractivity contribution in [1.29, 1.82) is 0 Å². The van der Waals surface area contributed by atoms with E-state index in [9.17, 15) is 72.6 Å². The molecule has 388 valence electrons. The number of carbonyl (C=O) groups is 5. The number of nitrogens with zero attached hydrogens (tertiary/aromatic N) is 4. The molecule has 1 aliphatic heterocycles. The molecule has 3 heterocycles. The molecule has 0 spiro atoms. The molecule has 10 N–H and O–H groups in total. The van der Waals surface area contributed by atoms with Gasteiger partial charge in [-0.2, -0.15) is 0 Å². The van der Waals surface area contributed by atoms with Crippen molar-refractivity contribution in [2.24, 2.45) is 5.41 Å². The first-order chi connectivity index (χ1) is 31.1. The average Bonchev–Trinajstić information content (AvgIpc) is 3.73. The molecule has 0 saturated carbocycles. The number of imidazole rings is 1. The Morgan fingerprint density at radius 3 is 2.09 bits per heavy atom. The molecule has 0 bridgehead atoms. The molecule has 33 heteroatoms. The number of aliphatic hydroxyl groups is 5. The summed E-state index contributed by atoms with van der Waals surface area (Å²) >= 11 is 0.840. The van der Waals surface area contributed by atoms with Gasteiger partial charge in [0.1, 0.15) is 42.0 Å². The predicted molar refractivity (Wildman–Crippen MR) is 225 cm³/mol. The number of anilines is 1. The lowest BCUT2D eigenvalue weighted by atomic mass is 9.84. The van der Waals surface area contributed by atoms with E-state index in [4.69, 9.17) is 30.9 Å². The zero-order chi connectivity index (χ0) is 52.1. The van der Waals surface area contributed by atoms with E-state index in [1.165, 1.54) is 27.7 Å². The number of hydrogen-bond acceptors (Lipinski definition) is 26. The number of carbonyl (C=O) groups excluding carboxylic acids is 3. The first-order valence-corrected chi connectivity index (χ1v) is 25.5. The largest absolute Gasteiger partial charge is 0.756 e. The number of carboxylic acids is 2. The molecule has 1 fully saturated rings. The quantitative estimate of drug-likeness (QED) is 0.0329. The number of rotatable bonds is 29. The van der Waals surface area contributed by atoms with E-state index in [2.05, 4.69) is 32.8 Å². The van der Waals surface area contributed by atoms with Crippen LogP contribution in [0.2, 0.25) is 0 Å². The van der Waals surface area contributed by atoms with Gasteiger partial charge in [-0.15, -0.1) is 0 Å². The van der Waals surface area contributed by atoms with E-state index in [-0.39, 0.29) is 86.5 Å². The van der Waals surface area contributed by atoms with E-state index in [0.717, 1.165) is 29.0 Å². The molecule has 0 amide bonds. The summed E-state index contributed by atoms with van der Waals surface area (Å²) in [5, 5.41) is 65.4. The van der Waals surface area contributed by atoms with E-state index in [0.29, 0.717) is 0 Å². The molecule has 1 saturated heterocycles. The second-order valence-electron chi connectivity index (χ2n) is 16.6. The fraction of sp³-hybridized carbons (Fsp3) is 0.714. The Morgan fingerprint density at radius 1 is 0.912 bits per heavy atom. The van der Waals surface area contributed by atoms with Gasteiger partial charge in [0.2, 0.25) is 0 Å². The van der Waals surface area contributed by atoms with Crippen LogP contribution < -0.4 is 20.4 Å². The van der Waals surface area contributed by atoms with Gasteiger partial charge in [-0.25, -0.2) is 19.3 Å². The lowest BCUT2D eigenvalue weighted by molar-refractivity contribution is -0.247. The van der Waals surface area contributed by atoms with Gasteiger partial charge < -0.3 is 79.4 Å². The third-order valence-electron chi connectivity index (χ3n) is 9.44. The number of nitrogen functional groups attached to an aromatic ring is 1.